The van der Waals surface area contributed by atoms with E-state index >= 15 is 0 Å². The van der Waals surface area contributed by atoms with Gasteiger partial charge in [-0.1, -0.05) is 24.3 Å². The molecule has 164 valence electrons. The van der Waals surface area contributed by atoms with Gasteiger partial charge in [-0.25, -0.2) is 4.99 Å². The molecule has 7 nitrogen and oxygen atoms in total. The van der Waals surface area contributed by atoms with Crippen LogP contribution in [-0.4, -0.2) is 74.1 Å². The van der Waals surface area contributed by atoms with Gasteiger partial charge in [0.15, 0.2) is 5.96 Å². The van der Waals surface area contributed by atoms with Crippen molar-refractivity contribution in [3.63, 3.8) is 0 Å². The summed E-state index contributed by atoms with van der Waals surface area (Å²) in [6, 6.07) is 8.43. The predicted molar refractivity (Wildman–Crippen MR) is 129 cm³/mol. The molecule has 1 saturated heterocycles. The van der Waals surface area contributed by atoms with Crippen molar-refractivity contribution >= 4 is 35.8 Å². The third kappa shape index (κ3) is 8.88. The number of nitrogens with one attached hydrogen (secondary N) is 2. The van der Waals surface area contributed by atoms with Gasteiger partial charge < -0.3 is 20.3 Å². The zero-order valence-electron chi connectivity index (χ0n) is 18.3. The lowest BCUT2D eigenvalue weighted by molar-refractivity contribution is -0.127. The normalized spacial score (nSPS) is 20.0. The van der Waals surface area contributed by atoms with E-state index in [0.29, 0.717) is 12.5 Å². The Labute approximate surface area is 192 Å². The van der Waals surface area contributed by atoms with Crippen LogP contribution in [0.4, 0.5) is 0 Å². The van der Waals surface area contributed by atoms with Gasteiger partial charge in [0.25, 0.3) is 0 Å². The fraction of sp³-hybridized carbons (Fsp3) is 0.619. The Morgan fingerprint density at radius 3 is 2.38 bits per heavy atom. The maximum atomic E-state index is 11.8. The highest BCUT2D eigenvalue weighted by Crippen LogP contribution is 2.17. The van der Waals surface area contributed by atoms with Crippen LogP contribution in [0, 0.1) is 0 Å². The second-order valence-corrected chi connectivity index (χ2v) is 7.56. The molecular weight excluding hydrogens is 481 g/mol. The predicted octanol–water partition coefficient (Wildman–Crippen LogP) is 2.06. The van der Waals surface area contributed by atoms with E-state index < -0.39 is 0 Å². The summed E-state index contributed by atoms with van der Waals surface area (Å²) in [6.45, 7) is 10.6. The summed E-state index contributed by atoms with van der Waals surface area (Å²) >= 11 is 0. The minimum atomic E-state index is 0. The van der Waals surface area contributed by atoms with Crippen molar-refractivity contribution < 1.29 is 9.53 Å². The van der Waals surface area contributed by atoms with E-state index in [-0.39, 0.29) is 48.6 Å². The minimum absolute atomic E-state index is 0. The Morgan fingerprint density at radius 2 is 1.79 bits per heavy atom. The standard InChI is InChI=1S/C21H35N5O2.HI/c1-6-22-21(24-12-20(27)25(4)5)23-11-18-9-7-8-10-19(18)15-26-13-16(2)28-17(3)14-26;/h7-10,16-17H,6,11-15H2,1-5H3,(H2,22,23,24);1H. The highest BCUT2D eigenvalue weighted by Gasteiger charge is 2.22. The van der Waals surface area contributed by atoms with Crippen LogP contribution in [0.3, 0.4) is 0 Å². The maximum absolute atomic E-state index is 11.8. The molecule has 2 unspecified atom stereocenters. The monoisotopic (exact) mass is 517 g/mol. The molecule has 1 heterocycles. The highest BCUT2D eigenvalue weighted by molar-refractivity contribution is 14.0. The Kier molecular flexibility index (Phi) is 11.5. The molecule has 1 fully saturated rings. The molecule has 0 saturated carbocycles. The molecule has 1 amide bonds. The molecule has 0 radical (unpaired) electrons. The molecule has 1 aliphatic rings. The van der Waals surface area contributed by atoms with Crippen LogP contribution < -0.4 is 10.6 Å². The van der Waals surface area contributed by atoms with Gasteiger partial charge in [-0.05, 0) is 31.9 Å². The number of benzene rings is 1. The number of carbonyl (C=O) groups excluding carboxylic acids is 1. The summed E-state index contributed by atoms with van der Waals surface area (Å²) in [5.74, 6) is 0.669. The number of morpholine rings is 1. The summed E-state index contributed by atoms with van der Waals surface area (Å²) < 4.78 is 5.84. The molecule has 2 atom stereocenters. The van der Waals surface area contributed by atoms with Crippen LogP contribution in [0.5, 0.6) is 0 Å². The van der Waals surface area contributed by atoms with E-state index in [1.165, 1.54) is 11.1 Å². The molecule has 0 aliphatic carbocycles. The second kappa shape index (κ2) is 13.0. The van der Waals surface area contributed by atoms with E-state index in [2.05, 4.69) is 58.6 Å². The quantitative estimate of drug-likeness (QED) is 0.329. The number of rotatable bonds is 7. The van der Waals surface area contributed by atoms with Gasteiger partial charge in [-0.3, -0.25) is 9.69 Å². The van der Waals surface area contributed by atoms with Gasteiger partial charge in [-0.15, -0.1) is 24.0 Å². The molecule has 2 N–H and O–H groups in total. The first-order chi connectivity index (χ1) is 13.4. The fourth-order valence-electron chi connectivity index (χ4n) is 3.34. The molecule has 2 rings (SSSR count). The molecule has 1 aromatic rings. The molecule has 0 bridgehead atoms. The summed E-state index contributed by atoms with van der Waals surface area (Å²) in [7, 11) is 3.50. The lowest BCUT2D eigenvalue weighted by atomic mass is 10.1. The van der Waals surface area contributed by atoms with Gasteiger partial charge in [0.2, 0.25) is 5.91 Å². The molecule has 0 aromatic heterocycles. The van der Waals surface area contributed by atoms with Gasteiger partial charge in [0, 0.05) is 40.3 Å². The number of hydrogen-bond donors (Lipinski definition) is 2. The molecule has 8 heteroatoms. The summed E-state index contributed by atoms with van der Waals surface area (Å²) in [4.78, 5) is 20.5. The number of ether oxygens (including phenoxy) is 1. The van der Waals surface area contributed by atoms with E-state index in [9.17, 15) is 4.79 Å². The van der Waals surface area contributed by atoms with Crippen molar-refractivity contribution in [2.45, 2.75) is 46.1 Å². The Bertz CT molecular complexity index is 658. The number of likely N-dealkylation sites (N-methyl/N-ethyl adjacent to an activating group) is 1. The van der Waals surface area contributed by atoms with Gasteiger partial charge in [-0.2, -0.15) is 0 Å². The average molecular weight is 517 g/mol. The average Bonchev–Trinajstić information content (AvgIpc) is 2.63. The number of hydrogen-bond acceptors (Lipinski definition) is 4. The molecular formula is C21H36IN5O2. The Morgan fingerprint density at radius 1 is 1.17 bits per heavy atom. The zero-order valence-corrected chi connectivity index (χ0v) is 20.6. The van der Waals surface area contributed by atoms with Gasteiger partial charge in [0.05, 0.1) is 25.3 Å². The Balaban J connectivity index is 0.00000420. The molecule has 1 aromatic carbocycles. The SMILES string of the molecule is CCNC(=NCc1ccccc1CN1CC(C)OC(C)C1)NCC(=O)N(C)C.I. The van der Waals surface area contributed by atoms with Crippen LogP contribution in [0.25, 0.3) is 0 Å². The van der Waals surface area contributed by atoms with Crippen LogP contribution in [0.1, 0.15) is 31.9 Å². The number of nitrogens with zero attached hydrogens (tertiary/aromatic N) is 3. The van der Waals surface area contributed by atoms with Crippen molar-refractivity contribution in [1.29, 1.82) is 0 Å². The first-order valence-electron chi connectivity index (χ1n) is 10.1. The Hall–Kier alpha value is -1.39. The first kappa shape index (κ1) is 25.6. The van der Waals surface area contributed by atoms with E-state index in [1.807, 2.05) is 6.92 Å². The topological polar surface area (TPSA) is 69.2 Å². The van der Waals surface area contributed by atoms with Crippen LogP contribution >= 0.6 is 24.0 Å². The lowest BCUT2D eigenvalue weighted by Crippen LogP contribution is -2.45. The van der Waals surface area contributed by atoms with E-state index in [4.69, 9.17) is 4.74 Å². The molecule has 29 heavy (non-hydrogen) atoms. The van der Waals surface area contributed by atoms with Crippen molar-refractivity contribution in [3.8, 4) is 0 Å². The number of guanidine groups is 1. The number of aliphatic imine (C=N–C) groups is 1. The van der Waals surface area contributed by atoms with Crippen molar-refractivity contribution in [2.75, 3.05) is 40.3 Å². The maximum Gasteiger partial charge on any atom is 0.241 e. The third-order valence-corrected chi connectivity index (χ3v) is 4.67. The number of carbonyl (C=O) groups is 1. The van der Waals surface area contributed by atoms with E-state index in [1.54, 1.807) is 19.0 Å². The first-order valence-corrected chi connectivity index (χ1v) is 10.1. The number of halogens is 1. The van der Waals surface area contributed by atoms with Crippen LogP contribution in [-0.2, 0) is 22.6 Å². The van der Waals surface area contributed by atoms with Crippen LogP contribution in [0.2, 0.25) is 0 Å². The third-order valence-electron chi connectivity index (χ3n) is 4.67. The number of amides is 1. The van der Waals surface area contributed by atoms with Gasteiger partial charge >= 0.3 is 0 Å². The fourth-order valence-corrected chi connectivity index (χ4v) is 3.34. The summed E-state index contributed by atoms with van der Waals surface area (Å²) in [5, 5.41) is 6.31. The molecule has 1 aliphatic heterocycles. The second-order valence-electron chi connectivity index (χ2n) is 7.56. The van der Waals surface area contributed by atoms with Crippen molar-refractivity contribution in [2.24, 2.45) is 4.99 Å². The minimum Gasteiger partial charge on any atom is -0.373 e. The highest BCUT2D eigenvalue weighted by atomic mass is 127. The van der Waals surface area contributed by atoms with Crippen molar-refractivity contribution in [3.05, 3.63) is 35.4 Å². The lowest BCUT2D eigenvalue weighted by Gasteiger charge is -2.35. The molecule has 0 spiro atoms. The largest absolute Gasteiger partial charge is 0.373 e. The smallest absolute Gasteiger partial charge is 0.241 e. The zero-order chi connectivity index (χ0) is 20.5. The summed E-state index contributed by atoms with van der Waals surface area (Å²) in [6.07, 6.45) is 0.514. The van der Waals surface area contributed by atoms with Crippen LogP contribution in [0.15, 0.2) is 29.3 Å². The van der Waals surface area contributed by atoms with Gasteiger partial charge in [0.1, 0.15) is 0 Å². The van der Waals surface area contributed by atoms with Crippen molar-refractivity contribution in [1.82, 2.24) is 20.4 Å². The van der Waals surface area contributed by atoms with E-state index in [0.717, 1.165) is 26.2 Å². The summed E-state index contributed by atoms with van der Waals surface area (Å²) in [5.41, 5.74) is 2.48.